The van der Waals surface area contributed by atoms with Gasteiger partial charge in [0.15, 0.2) is 11.5 Å². The average Bonchev–Trinajstić information content (AvgIpc) is 2.99. The molecule has 3 heterocycles. The van der Waals surface area contributed by atoms with Crippen molar-refractivity contribution in [1.82, 2.24) is 15.0 Å². The largest absolute Gasteiger partial charge is 0.378 e. The number of ether oxygens (including phenoxy) is 1. The molecule has 0 aliphatic carbocycles. The summed E-state index contributed by atoms with van der Waals surface area (Å²) in [6, 6.07) is 10.1. The third kappa shape index (κ3) is 2.38. The fourth-order valence-corrected chi connectivity index (χ4v) is 3.55. The van der Waals surface area contributed by atoms with Crippen molar-refractivity contribution < 1.29 is 4.74 Å². The summed E-state index contributed by atoms with van der Waals surface area (Å²) in [7, 11) is 0. The van der Waals surface area contributed by atoms with E-state index >= 15 is 0 Å². The van der Waals surface area contributed by atoms with Crippen LogP contribution in [0.4, 0.5) is 11.8 Å². The first-order chi connectivity index (χ1) is 10.8. The maximum absolute atomic E-state index is 5.86. The van der Waals surface area contributed by atoms with Gasteiger partial charge in [-0.25, -0.2) is 4.98 Å². The summed E-state index contributed by atoms with van der Waals surface area (Å²) in [4.78, 5) is 15.5. The third-order valence-electron chi connectivity index (χ3n) is 3.58. The molecule has 7 heteroatoms. The normalized spacial score (nSPS) is 15.4. The van der Waals surface area contributed by atoms with Crippen LogP contribution < -0.4 is 10.6 Å². The molecule has 2 aromatic heterocycles. The summed E-state index contributed by atoms with van der Waals surface area (Å²) < 4.78 is 6.39. The monoisotopic (exact) mass is 313 g/mol. The van der Waals surface area contributed by atoms with Gasteiger partial charge in [0.25, 0.3) is 0 Å². The summed E-state index contributed by atoms with van der Waals surface area (Å²) in [5, 5.41) is 0.935. The zero-order valence-corrected chi connectivity index (χ0v) is 12.7. The lowest BCUT2D eigenvalue weighted by Gasteiger charge is -2.27. The summed E-state index contributed by atoms with van der Waals surface area (Å²) in [5.74, 6) is 1.13. The predicted octanol–water partition coefficient (Wildman–Crippen LogP) is 2.17. The number of nitrogen functional groups attached to an aromatic ring is 1. The Labute approximate surface area is 131 Å². The van der Waals surface area contributed by atoms with E-state index in [4.69, 9.17) is 10.5 Å². The molecule has 0 amide bonds. The Kier molecular flexibility index (Phi) is 3.36. The second kappa shape index (κ2) is 5.51. The first-order valence-corrected chi connectivity index (χ1v) is 7.95. The molecule has 0 atom stereocenters. The quantitative estimate of drug-likeness (QED) is 0.781. The van der Waals surface area contributed by atoms with Crippen LogP contribution in [0.15, 0.2) is 30.3 Å². The van der Waals surface area contributed by atoms with Crippen molar-refractivity contribution in [3.8, 4) is 10.6 Å². The molecule has 1 fully saturated rings. The van der Waals surface area contributed by atoms with Gasteiger partial charge in [-0.05, 0) is 0 Å². The molecule has 2 N–H and O–H groups in total. The van der Waals surface area contributed by atoms with Crippen molar-refractivity contribution in [2.75, 3.05) is 36.9 Å². The van der Waals surface area contributed by atoms with Gasteiger partial charge in [-0.1, -0.05) is 30.3 Å². The third-order valence-corrected chi connectivity index (χ3v) is 4.67. The highest BCUT2D eigenvalue weighted by Crippen LogP contribution is 2.35. The first kappa shape index (κ1) is 13.4. The summed E-state index contributed by atoms with van der Waals surface area (Å²) in [6.07, 6.45) is 0. The molecule has 6 nitrogen and oxygen atoms in total. The number of nitrogens with zero attached hydrogens (tertiary/aromatic N) is 4. The number of rotatable bonds is 2. The van der Waals surface area contributed by atoms with Gasteiger partial charge < -0.3 is 15.4 Å². The van der Waals surface area contributed by atoms with Crippen molar-refractivity contribution in [3.63, 3.8) is 0 Å². The molecular formula is C15H15N5OS. The number of morpholine rings is 1. The van der Waals surface area contributed by atoms with Gasteiger partial charge in [-0.2, -0.15) is 9.97 Å². The number of anilines is 2. The van der Waals surface area contributed by atoms with Gasteiger partial charge in [0.2, 0.25) is 5.95 Å². The minimum atomic E-state index is 0.263. The Morgan fingerprint density at radius 1 is 1.05 bits per heavy atom. The maximum atomic E-state index is 5.86. The molecule has 22 heavy (non-hydrogen) atoms. The standard InChI is InChI=1S/C15H15N5OS/c16-15-18-12-11(13(19-15)20-6-8-21-9-7-20)22-14(17-12)10-4-2-1-3-5-10/h1-5H,6-9H2,(H2,16,18,19). The van der Waals surface area contributed by atoms with Gasteiger partial charge >= 0.3 is 0 Å². The number of aromatic nitrogens is 3. The van der Waals surface area contributed by atoms with E-state index < -0.39 is 0 Å². The van der Waals surface area contributed by atoms with Crippen LogP contribution in [0.2, 0.25) is 0 Å². The molecule has 0 unspecified atom stereocenters. The highest BCUT2D eigenvalue weighted by Gasteiger charge is 2.20. The van der Waals surface area contributed by atoms with Crippen molar-refractivity contribution in [3.05, 3.63) is 30.3 Å². The molecule has 3 aromatic rings. The zero-order valence-electron chi connectivity index (χ0n) is 11.9. The van der Waals surface area contributed by atoms with Crippen LogP contribution in [0.25, 0.3) is 20.9 Å². The summed E-state index contributed by atoms with van der Waals surface area (Å²) in [5.41, 5.74) is 7.61. The molecular weight excluding hydrogens is 298 g/mol. The van der Waals surface area contributed by atoms with Crippen LogP contribution in [0.3, 0.4) is 0 Å². The second-order valence-corrected chi connectivity index (χ2v) is 6.04. The molecule has 0 bridgehead atoms. The van der Waals surface area contributed by atoms with Gasteiger partial charge in [-0.3, -0.25) is 0 Å². The summed E-state index contributed by atoms with van der Waals surface area (Å²) >= 11 is 1.61. The highest BCUT2D eigenvalue weighted by atomic mass is 32.1. The number of fused-ring (bicyclic) bond motifs is 1. The fourth-order valence-electron chi connectivity index (χ4n) is 2.52. The molecule has 1 aliphatic rings. The molecule has 1 aromatic carbocycles. The Morgan fingerprint density at radius 2 is 1.82 bits per heavy atom. The Morgan fingerprint density at radius 3 is 2.59 bits per heavy atom. The molecule has 4 rings (SSSR count). The van der Waals surface area contributed by atoms with Crippen molar-refractivity contribution in [2.24, 2.45) is 0 Å². The van der Waals surface area contributed by atoms with Gasteiger partial charge in [0.1, 0.15) is 9.71 Å². The van der Waals surface area contributed by atoms with Gasteiger partial charge in [0.05, 0.1) is 13.2 Å². The average molecular weight is 313 g/mol. The molecule has 0 spiro atoms. The predicted molar refractivity (Wildman–Crippen MR) is 88.1 cm³/mol. The van der Waals surface area contributed by atoms with Crippen molar-refractivity contribution in [1.29, 1.82) is 0 Å². The van der Waals surface area contributed by atoms with Crippen LogP contribution in [-0.4, -0.2) is 41.3 Å². The van der Waals surface area contributed by atoms with Crippen LogP contribution in [0.5, 0.6) is 0 Å². The van der Waals surface area contributed by atoms with Crippen LogP contribution in [-0.2, 0) is 4.74 Å². The SMILES string of the molecule is Nc1nc(N2CCOCC2)c2sc(-c3ccccc3)nc2n1. The van der Waals surface area contributed by atoms with E-state index in [-0.39, 0.29) is 5.95 Å². The van der Waals surface area contributed by atoms with Crippen LogP contribution in [0, 0.1) is 0 Å². The Hall–Kier alpha value is -2.25. The Bertz CT molecular complexity index is 798. The van der Waals surface area contributed by atoms with E-state index in [2.05, 4.69) is 19.9 Å². The number of hydrogen-bond donors (Lipinski definition) is 1. The maximum Gasteiger partial charge on any atom is 0.224 e. The number of thiazole rings is 1. The minimum absolute atomic E-state index is 0.263. The van der Waals surface area contributed by atoms with Crippen LogP contribution >= 0.6 is 11.3 Å². The first-order valence-electron chi connectivity index (χ1n) is 7.13. The molecule has 1 aliphatic heterocycles. The molecule has 0 radical (unpaired) electrons. The van der Waals surface area contributed by atoms with E-state index in [1.54, 1.807) is 11.3 Å². The van der Waals surface area contributed by atoms with E-state index in [1.165, 1.54) is 0 Å². The number of benzene rings is 1. The molecule has 112 valence electrons. The van der Waals surface area contributed by atoms with E-state index in [0.717, 1.165) is 34.2 Å². The zero-order chi connectivity index (χ0) is 14.9. The molecule has 0 saturated carbocycles. The second-order valence-electron chi connectivity index (χ2n) is 5.04. The topological polar surface area (TPSA) is 77.2 Å². The van der Waals surface area contributed by atoms with E-state index in [0.29, 0.717) is 18.9 Å². The number of hydrogen-bond acceptors (Lipinski definition) is 7. The van der Waals surface area contributed by atoms with Gasteiger partial charge in [-0.15, -0.1) is 11.3 Å². The van der Waals surface area contributed by atoms with Crippen molar-refractivity contribution >= 4 is 33.5 Å². The highest BCUT2D eigenvalue weighted by molar-refractivity contribution is 7.22. The smallest absolute Gasteiger partial charge is 0.224 e. The summed E-state index contributed by atoms with van der Waals surface area (Å²) in [6.45, 7) is 3.03. The van der Waals surface area contributed by atoms with Crippen LogP contribution in [0.1, 0.15) is 0 Å². The van der Waals surface area contributed by atoms with E-state index in [1.807, 2.05) is 30.3 Å². The minimum Gasteiger partial charge on any atom is -0.378 e. The van der Waals surface area contributed by atoms with E-state index in [9.17, 15) is 0 Å². The van der Waals surface area contributed by atoms with Crippen molar-refractivity contribution in [2.45, 2.75) is 0 Å². The lowest BCUT2D eigenvalue weighted by atomic mass is 10.2. The fraction of sp³-hybridized carbons (Fsp3) is 0.267. The molecule has 1 saturated heterocycles. The lowest BCUT2D eigenvalue weighted by molar-refractivity contribution is 0.122. The Balaban J connectivity index is 1.84. The lowest BCUT2D eigenvalue weighted by Crippen LogP contribution is -2.37. The van der Waals surface area contributed by atoms with Gasteiger partial charge in [0, 0.05) is 18.7 Å². The number of nitrogens with two attached hydrogens (primary N) is 1.